The third-order valence-corrected chi connectivity index (χ3v) is 5.77. The van der Waals surface area contributed by atoms with Crippen LogP contribution in [0.5, 0.6) is 0 Å². The number of nitrogens with zero attached hydrogens (tertiary/aromatic N) is 5. The Bertz CT molecular complexity index is 1480. The van der Waals surface area contributed by atoms with Gasteiger partial charge in [-0.05, 0) is 30.3 Å². The van der Waals surface area contributed by atoms with Crippen LogP contribution in [0.1, 0.15) is 39.4 Å². The molecule has 33 heavy (non-hydrogen) atoms. The van der Waals surface area contributed by atoms with Gasteiger partial charge in [0.1, 0.15) is 11.6 Å². The number of fused-ring (bicyclic) bond motifs is 3. The van der Waals surface area contributed by atoms with E-state index in [-0.39, 0.29) is 23.6 Å². The fourth-order valence-electron chi connectivity index (χ4n) is 4.29. The number of halogens is 3. The first kappa shape index (κ1) is 19.5. The van der Waals surface area contributed by atoms with E-state index in [1.165, 1.54) is 34.1 Å². The van der Waals surface area contributed by atoms with Gasteiger partial charge in [-0.2, -0.15) is 18.3 Å². The average Bonchev–Trinajstić information content (AvgIpc) is 3.53. The predicted octanol–water partition coefficient (Wildman–Crippen LogP) is 4.01. The Hall–Kier alpha value is -4.15. The fraction of sp³-hybridized carbons (Fsp3) is 0.182. The maximum Gasteiger partial charge on any atom is 0.418 e. The fourth-order valence-corrected chi connectivity index (χ4v) is 4.29. The number of pyridine rings is 1. The van der Waals surface area contributed by atoms with Gasteiger partial charge < -0.3 is 14.3 Å². The summed E-state index contributed by atoms with van der Waals surface area (Å²) in [7, 11) is 0. The largest absolute Gasteiger partial charge is 0.432 e. The molecule has 5 heterocycles. The SMILES string of the molecule is O=C(c1nc2ccccc2o1)N1CCc2[nH]cnc2C1c1cc2c(C(F)(F)F)cccn2n1. The van der Waals surface area contributed by atoms with E-state index in [9.17, 15) is 18.0 Å². The second-order valence-corrected chi connectivity index (χ2v) is 7.72. The molecule has 0 spiro atoms. The lowest BCUT2D eigenvalue weighted by atomic mass is 9.99. The Morgan fingerprint density at radius 2 is 2.03 bits per heavy atom. The number of imidazole rings is 1. The van der Waals surface area contributed by atoms with Gasteiger partial charge in [-0.25, -0.2) is 14.5 Å². The number of hydrogen-bond acceptors (Lipinski definition) is 5. The summed E-state index contributed by atoms with van der Waals surface area (Å²) in [4.78, 5) is 26.6. The third-order valence-electron chi connectivity index (χ3n) is 5.77. The van der Waals surface area contributed by atoms with Crippen molar-refractivity contribution in [2.75, 3.05) is 6.54 Å². The number of para-hydroxylation sites is 2. The quantitative estimate of drug-likeness (QED) is 0.437. The molecule has 166 valence electrons. The third kappa shape index (κ3) is 3.07. The molecule has 1 amide bonds. The number of hydrogen-bond donors (Lipinski definition) is 1. The Balaban J connectivity index is 1.48. The maximum atomic E-state index is 13.5. The highest BCUT2D eigenvalue weighted by Crippen LogP contribution is 2.37. The van der Waals surface area contributed by atoms with Crippen LogP contribution in [0.3, 0.4) is 0 Å². The van der Waals surface area contributed by atoms with Crippen molar-refractivity contribution in [3.05, 3.63) is 83.5 Å². The van der Waals surface area contributed by atoms with Gasteiger partial charge in [0, 0.05) is 24.9 Å². The number of aromatic nitrogens is 5. The molecule has 8 nitrogen and oxygen atoms in total. The minimum absolute atomic E-state index is 0.0973. The number of oxazole rings is 1. The average molecular weight is 452 g/mol. The number of aromatic amines is 1. The Kier molecular flexibility index (Phi) is 4.10. The lowest BCUT2D eigenvalue weighted by Gasteiger charge is -2.32. The van der Waals surface area contributed by atoms with Crippen molar-refractivity contribution in [1.82, 2.24) is 29.5 Å². The zero-order valence-corrected chi connectivity index (χ0v) is 16.9. The summed E-state index contributed by atoms with van der Waals surface area (Å²) in [5.41, 5.74) is 1.70. The molecule has 1 aromatic carbocycles. The van der Waals surface area contributed by atoms with Gasteiger partial charge in [0.25, 0.3) is 5.89 Å². The van der Waals surface area contributed by atoms with E-state index < -0.39 is 23.7 Å². The number of carbonyl (C=O) groups is 1. The van der Waals surface area contributed by atoms with Gasteiger partial charge in [0.2, 0.25) is 0 Å². The van der Waals surface area contributed by atoms with Crippen LogP contribution in [0.2, 0.25) is 0 Å². The lowest BCUT2D eigenvalue weighted by Crippen LogP contribution is -2.41. The van der Waals surface area contributed by atoms with Gasteiger partial charge in [0.05, 0.1) is 28.8 Å². The summed E-state index contributed by atoms with van der Waals surface area (Å²) >= 11 is 0. The molecule has 0 saturated heterocycles. The van der Waals surface area contributed by atoms with E-state index in [1.807, 2.05) is 0 Å². The number of amides is 1. The van der Waals surface area contributed by atoms with E-state index in [1.54, 1.807) is 24.3 Å². The van der Waals surface area contributed by atoms with Crippen molar-refractivity contribution in [3.63, 3.8) is 0 Å². The molecule has 1 aliphatic heterocycles. The Morgan fingerprint density at radius 3 is 2.85 bits per heavy atom. The summed E-state index contributed by atoms with van der Waals surface area (Å²) in [5, 5.41) is 4.38. The van der Waals surface area contributed by atoms with E-state index >= 15 is 0 Å². The molecule has 11 heteroatoms. The molecule has 0 saturated carbocycles. The van der Waals surface area contributed by atoms with Crippen LogP contribution in [-0.2, 0) is 12.6 Å². The van der Waals surface area contributed by atoms with Crippen LogP contribution >= 0.6 is 0 Å². The molecular weight excluding hydrogens is 437 g/mol. The van der Waals surface area contributed by atoms with E-state index in [4.69, 9.17) is 4.42 Å². The molecule has 5 aromatic rings. The second-order valence-electron chi connectivity index (χ2n) is 7.72. The molecule has 1 aliphatic rings. The highest BCUT2D eigenvalue weighted by Gasteiger charge is 2.39. The number of carbonyl (C=O) groups excluding carboxylic acids is 1. The number of benzene rings is 1. The van der Waals surface area contributed by atoms with Gasteiger partial charge in [-0.3, -0.25) is 4.79 Å². The van der Waals surface area contributed by atoms with Gasteiger partial charge >= 0.3 is 12.1 Å². The first-order valence-electron chi connectivity index (χ1n) is 10.1. The van der Waals surface area contributed by atoms with Crippen molar-refractivity contribution < 1.29 is 22.4 Å². The van der Waals surface area contributed by atoms with E-state index in [0.717, 1.165) is 11.8 Å². The standard InChI is InChI=1S/C22H15F3N6O2/c23-22(24,25)12-4-3-8-31-16(12)10-15(29-31)19-18-14(26-11-27-18)7-9-30(19)21(32)20-28-13-5-1-2-6-17(13)33-20/h1-6,8,10-11,19H,7,9H2,(H,26,27). The number of alkyl halides is 3. The minimum atomic E-state index is -4.54. The summed E-state index contributed by atoms with van der Waals surface area (Å²) < 4.78 is 47.5. The van der Waals surface area contributed by atoms with Crippen LogP contribution in [0, 0.1) is 0 Å². The van der Waals surface area contributed by atoms with Crippen molar-refractivity contribution in [3.8, 4) is 0 Å². The summed E-state index contributed by atoms with van der Waals surface area (Å²) in [5.74, 6) is -0.585. The zero-order chi connectivity index (χ0) is 22.7. The Labute approximate surface area is 183 Å². The summed E-state index contributed by atoms with van der Waals surface area (Å²) in [6, 6.07) is 9.84. The molecule has 0 radical (unpaired) electrons. The predicted molar refractivity (Wildman–Crippen MR) is 109 cm³/mol. The molecule has 4 aromatic heterocycles. The maximum absolute atomic E-state index is 13.5. The molecule has 0 fully saturated rings. The smallest absolute Gasteiger partial charge is 0.418 e. The molecule has 1 N–H and O–H groups in total. The monoisotopic (exact) mass is 452 g/mol. The molecular formula is C22H15F3N6O2. The van der Waals surface area contributed by atoms with Crippen LogP contribution in [0.4, 0.5) is 13.2 Å². The van der Waals surface area contributed by atoms with Crippen LogP contribution < -0.4 is 0 Å². The first-order chi connectivity index (χ1) is 15.9. The van der Waals surface area contributed by atoms with Crippen molar-refractivity contribution in [1.29, 1.82) is 0 Å². The van der Waals surface area contributed by atoms with Crippen molar-refractivity contribution in [2.24, 2.45) is 0 Å². The molecule has 0 bridgehead atoms. The van der Waals surface area contributed by atoms with Gasteiger partial charge in [-0.1, -0.05) is 12.1 Å². The molecule has 1 unspecified atom stereocenters. The number of nitrogens with one attached hydrogen (secondary N) is 1. The molecule has 1 atom stereocenters. The highest BCUT2D eigenvalue weighted by atomic mass is 19.4. The number of rotatable bonds is 2. The lowest BCUT2D eigenvalue weighted by molar-refractivity contribution is -0.136. The van der Waals surface area contributed by atoms with Gasteiger partial charge in [-0.15, -0.1) is 0 Å². The zero-order valence-electron chi connectivity index (χ0n) is 16.9. The van der Waals surface area contributed by atoms with E-state index in [2.05, 4.69) is 20.1 Å². The topological polar surface area (TPSA) is 92.3 Å². The van der Waals surface area contributed by atoms with Crippen molar-refractivity contribution >= 4 is 22.5 Å². The normalized spacial score (nSPS) is 16.5. The Morgan fingerprint density at radius 1 is 1.18 bits per heavy atom. The van der Waals surface area contributed by atoms with Crippen LogP contribution in [-0.4, -0.2) is 41.9 Å². The molecule has 6 rings (SSSR count). The number of H-pyrrole nitrogens is 1. The summed E-state index contributed by atoms with van der Waals surface area (Å²) in [6.07, 6.45) is -1.10. The van der Waals surface area contributed by atoms with E-state index in [0.29, 0.717) is 23.2 Å². The minimum Gasteiger partial charge on any atom is -0.432 e. The van der Waals surface area contributed by atoms with Crippen LogP contribution in [0.15, 0.2) is 59.4 Å². The highest BCUT2D eigenvalue weighted by molar-refractivity contribution is 5.93. The first-order valence-corrected chi connectivity index (χ1v) is 10.1. The second kappa shape index (κ2) is 6.92. The molecule has 0 aliphatic carbocycles. The van der Waals surface area contributed by atoms with Crippen LogP contribution in [0.25, 0.3) is 16.6 Å². The summed E-state index contributed by atoms with van der Waals surface area (Å²) in [6.45, 7) is 0.289. The van der Waals surface area contributed by atoms with Crippen molar-refractivity contribution in [2.45, 2.75) is 18.6 Å². The van der Waals surface area contributed by atoms with Gasteiger partial charge in [0.15, 0.2) is 5.58 Å².